The molecule has 0 heterocycles. The Hall–Kier alpha value is 0.437. The summed E-state index contributed by atoms with van der Waals surface area (Å²) >= 11 is 3.02. The van der Waals surface area contributed by atoms with E-state index in [0.29, 0.717) is 0 Å². The zero-order valence-corrected chi connectivity index (χ0v) is 4.62. The Kier molecular flexibility index (Phi) is 3.81. The minimum Gasteiger partial charge on any atom is -0.0952 e. The summed E-state index contributed by atoms with van der Waals surface area (Å²) < 4.78 is 0. The standard InChI is InChI=1S/C2H2BrSi/c3-1-2-4/h1-2H. The molecule has 0 nitrogen and oxygen atoms in total. The van der Waals surface area contributed by atoms with Crippen molar-refractivity contribution in [2.45, 2.75) is 0 Å². The number of hydrogen-bond donors (Lipinski definition) is 0. The van der Waals surface area contributed by atoms with E-state index in [1.54, 1.807) is 10.7 Å². The Bertz CT molecular complexity index is 21.2. The minimum atomic E-state index is 1.72. The van der Waals surface area contributed by atoms with Crippen LogP contribution in [0.15, 0.2) is 10.7 Å². The van der Waals surface area contributed by atoms with Crippen molar-refractivity contribution in [1.29, 1.82) is 0 Å². The van der Waals surface area contributed by atoms with Gasteiger partial charge in [0, 0.05) is 0 Å². The third-order valence-corrected chi connectivity index (χ3v) is 0.982. The Morgan fingerprint density at radius 3 is 2.00 bits per heavy atom. The van der Waals surface area contributed by atoms with Crippen LogP contribution < -0.4 is 0 Å². The maximum absolute atomic E-state index is 3.06. The molecule has 21 valence electrons. The second-order valence-electron chi connectivity index (χ2n) is 0.293. The Morgan fingerprint density at radius 2 is 2.00 bits per heavy atom. The predicted octanol–water partition coefficient (Wildman–Crippen LogP) is 1.02. The van der Waals surface area contributed by atoms with Crippen LogP contribution in [0.3, 0.4) is 0 Å². The van der Waals surface area contributed by atoms with Gasteiger partial charge in [-0.05, 0) is 4.99 Å². The van der Waals surface area contributed by atoms with Gasteiger partial charge in [0.25, 0.3) is 0 Å². The summed E-state index contributed by atoms with van der Waals surface area (Å²) in [6.45, 7) is 0. The highest BCUT2D eigenvalue weighted by atomic mass is 79.9. The molecule has 0 atom stereocenters. The van der Waals surface area contributed by atoms with Crippen molar-refractivity contribution in [2.24, 2.45) is 0 Å². The van der Waals surface area contributed by atoms with Gasteiger partial charge < -0.3 is 0 Å². The average Bonchev–Trinajstić information content (AvgIpc) is 1.37. The van der Waals surface area contributed by atoms with Gasteiger partial charge in [-0.15, -0.1) is 0 Å². The first-order valence-corrected chi connectivity index (χ1v) is 2.33. The zero-order valence-electron chi connectivity index (χ0n) is 2.03. The quantitative estimate of drug-likeness (QED) is 0.434. The SMILES string of the molecule is [Si]C=CBr. The maximum atomic E-state index is 3.06. The molecule has 0 bridgehead atoms. The third-order valence-electron chi connectivity index (χ3n) is 0.0630. The second kappa shape index (κ2) is 3.44. The number of halogens is 1. The summed E-state index contributed by atoms with van der Waals surface area (Å²) in [6, 6.07) is 0. The molecule has 0 spiro atoms. The van der Waals surface area contributed by atoms with E-state index in [9.17, 15) is 0 Å². The van der Waals surface area contributed by atoms with E-state index in [-0.39, 0.29) is 0 Å². The molecule has 0 aliphatic carbocycles. The highest BCUT2D eigenvalue weighted by Crippen LogP contribution is 1.73. The van der Waals surface area contributed by atoms with E-state index in [1.807, 2.05) is 0 Å². The normalized spacial score (nSPS) is 9.50. The van der Waals surface area contributed by atoms with Crippen molar-refractivity contribution < 1.29 is 0 Å². The monoisotopic (exact) mass is 133 g/mol. The van der Waals surface area contributed by atoms with Gasteiger partial charge in [0.15, 0.2) is 0 Å². The first kappa shape index (κ1) is 4.44. The van der Waals surface area contributed by atoms with E-state index in [1.165, 1.54) is 0 Å². The van der Waals surface area contributed by atoms with Crippen LogP contribution in [0, 0.1) is 0 Å². The molecule has 0 saturated carbocycles. The lowest BCUT2D eigenvalue weighted by Gasteiger charge is -1.46. The van der Waals surface area contributed by atoms with Crippen LogP contribution in [0.5, 0.6) is 0 Å². The fourth-order valence-corrected chi connectivity index (χ4v) is 0. The van der Waals surface area contributed by atoms with Gasteiger partial charge in [0.2, 0.25) is 0 Å². The zero-order chi connectivity index (χ0) is 3.41. The van der Waals surface area contributed by atoms with E-state index in [0.717, 1.165) is 0 Å². The molecule has 0 amide bonds. The molecule has 4 heavy (non-hydrogen) atoms. The van der Waals surface area contributed by atoms with Crippen LogP contribution in [0.4, 0.5) is 0 Å². The van der Waals surface area contributed by atoms with Crippen LogP contribution in [-0.2, 0) is 0 Å². The third kappa shape index (κ3) is 2.44. The van der Waals surface area contributed by atoms with E-state index in [4.69, 9.17) is 0 Å². The highest BCUT2D eigenvalue weighted by Gasteiger charge is 1.38. The fraction of sp³-hybridized carbons (Fsp3) is 0. The van der Waals surface area contributed by atoms with Gasteiger partial charge in [-0.1, -0.05) is 21.6 Å². The van der Waals surface area contributed by atoms with Crippen molar-refractivity contribution in [2.75, 3.05) is 0 Å². The van der Waals surface area contributed by atoms with Crippen molar-refractivity contribution in [3.05, 3.63) is 10.7 Å². The molecule has 0 aliphatic heterocycles. The molecule has 0 N–H and O–H groups in total. The molecule has 2 heteroatoms. The molecule has 0 aromatic rings. The summed E-state index contributed by atoms with van der Waals surface area (Å²) in [5, 5.41) is 0. The van der Waals surface area contributed by atoms with Gasteiger partial charge in [-0.2, -0.15) is 0 Å². The fourth-order valence-electron chi connectivity index (χ4n) is 0. The van der Waals surface area contributed by atoms with Crippen molar-refractivity contribution in [3.8, 4) is 0 Å². The molecule has 0 aromatic heterocycles. The van der Waals surface area contributed by atoms with Crippen molar-refractivity contribution >= 4 is 26.2 Å². The van der Waals surface area contributed by atoms with Crippen molar-refractivity contribution in [3.63, 3.8) is 0 Å². The topological polar surface area (TPSA) is 0 Å². The lowest BCUT2D eigenvalue weighted by atomic mass is 11.3. The maximum Gasteiger partial charge on any atom is 0.0608 e. The van der Waals surface area contributed by atoms with Gasteiger partial charge >= 0.3 is 0 Å². The summed E-state index contributed by atoms with van der Waals surface area (Å²) in [5.74, 6) is 0. The Balaban J connectivity index is 2.55. The molecular formula is C2H2BrSi. The van der Waals surface area contributed by atoms with Crippen LogP contribution in [0.2, 0.25) is 0 Å². The molecule has 3 radical (unpaired) electrons. The van der Waals surface area contributed by atoms with Crippen LogP contribution >= 0.6 is 15.9 Å². The lowest BCUT2D eigenvalue weighted by molar-refractivity contribution is 2.57. The Labute approximate surface area is 37.5 Å². The van der Waals surface area contributed by atoms with Crippen LogP contribution in [0.25, 0.3) is 0 Å². The predicted molar refractivity (Wildman–Crippen MR) is 23.8 cm³/mol. The smallest absolute Gasteiger partial charge is 0.0608 e. The minimum absolute atomic E-state index is 1.72. The summed E-state index contributed by atoms with van der Waals surface area (Å²) in [5.41, 5.74) is 1.72. The highest BCUT2D eigenvalue weighted by molar-refractivity contribution is 9.11. The van der Waals surface area contributed by atoms with Gasteiger partial charge in [-0.3, -0.25) is 0 Å². The lowest BCUT2D eigenvalue weighted by Crippen LogP contribution is -1.35. The largest absolute Gasteiger partial charge is 0.0952 e. The summed E-state index contributed by atoms with van der Waals surface area (Å²) in [4.78, 5) is 1.73. The molecule has 0 aromatic carbocycles. The summed E-state index contributed by atoms with van der Waals surface area (Å²) in [7, 11) is 3.06. The molecule has 0 aliphatic rings. The molecule has 0 fully saturated rings. The second-order valence-corrected chi connectivity index (χ2v) is 1.15. The van der Waals surface area contributed by atoms with E-state index >= 15 is 0 Å². The van der Waals surface area contributed by atoms with Gasteiger partial charge in [0.1, 0.15) is 0 Å². The number of hydrogen-bond acceptors (Lipinski definition) is 0. The average molecular weight is 134 g/mol. The van der Waals surface area contributed by atoms with E-state index in [2.05, 4.69) is 26.2 Å². The van der Waals surface area contributed by atoms with E-state index < -0.39 is 0 Å². The first-order valence-electron chi connectivity index (χ1n) is 0.840. The van der Waals surface area contributed by atoms with Gasteiger partial charge in [-0.25, -0.2) is 0 Å². The summed E-state index contributed by atoms with van der Waals surface area (Å²) in [6.07, 6.45) is 0. The van der Waals surface area contributed by atoms with Crippen LogP contribution in [0.1, 0.15) is 0 Å². The Morgan fingerprint density at radius 1 is 1.75 bits per heavy atom. The molecular weight excluding hydrogens is 132 g/mol. The van der Waals surface area contributed by atoms with Crippen molar-refractivity contribution in [1.82, 2.24) is 0 Å². The first-order chi connectivity index (χ1) is 1.91. The van der Waals surface area contributed by atoms with Gasteiger partial charge in [0.05, 0.1) is 10.2 Å². The number of rotatable bonds is 0. The van der Waals surface area contributed by atoms with Crippen LogP contribution in [-0.4, -0.2) is 10.2 Å². The molecule has 0 rings (SSSR count). The molecule has 0 unspecified atom stereocenters. The molecule has 0 saturated heterocycles.